The molecule has 5 aliphatic heterocycles. The van der Waals surface area contributed by atoms with Crippen molar-refractivity contribution in [3.63, 3.8) is 0 Å². The molecule has 27 nitrogen and oxygen atoms in total. The van der Waals surface area contributed by atoms with Gasteiger partial charge in [0.05, 0.1) is 10.0 Å². The Kier molecular flexibility index (Phi) is 19.9. The molecule has 7 aromatic carbocycles. The third kappa shape index (κ3) is 15.3. The Morgan fingerprint density at radius 2 is 1.11 bits per heavy atom. The van der Waals surface area contributed by atoms with Gasteiger partial charge in [0, 0.05) is 25.1 Å². The summed E-state index contributed by atoms with van der Waals surface area (Å²) < 4.78 is 18.5. The Hall–Kier alpha value is -10.6. The number of phenols is 6. The Balaban J connectivity index is 1.11. The van der Waals surface area contributed by atoms with Crippen LogP contribution in [-0.4, -0.2) is 115 Å². The van der Waals surface area contributed by atoms with Gasteiger partial charge in [0.15, 0.2) is 23.0 Å². The monoisotopic (exact) mass is 1310 g/mol. The Labute approximate surface area is 539 Å². The van der Waals surface area contributed by atoms with Gasteiger partial charge in [-0.15, -0.1) is 0 Å². The molecule has 5 aliphatic rings. The van der Waals surface area contributed by atoms with Crippen LogP contribution >= 0.6 is 23.2 Å². The first-order chi connectivity index (χ1) is 44.5. The summed E-state index contributed by atoms with van der Waals surface area (Å²) in [4.78, 5) is 105. The first kappa shape index (κ1) is 65.4. The van der Waals surface area contributed by atoms with Gasteiger partial charge in [-0.05, 0) is 156 Å². The van der Waals surface area contributed by atoms with Crippen LogP contribution in [0.1, 0.15) is 88.1 Å². The number of carbonyl (C=O) groups excluding carboxylic acids is 7. The molecule has 8 atom stereocenters. The van der Waals surface area contributed by atoms with Crippen LogP contribution in [0, 0.1) is 0 Å². The number of halogens is 2. The Morgan fingerprint density at radius 3 is 1.76 bits per heavy atom. The van der Waals surface area contributed by atoms with E-state index < -0.39 is 130 Å². The van der Waals surface area contributed by atoms with E-state index in [1.54, 1.807) is 0 Å². The molecule has 0 aliphatic carbocycles. The highest BCUT2D eigenvalue weighted by Crippen LogP contribution is 2.47. The molecule has 12 rings (SSSR count). The van der Waals surface area contributed by atoms with Gasteiger partial charge >= 0.3 is 0 Å². The number of benzene rings is 7. The van der Waals surface area contributed by atoms with Crippen LogP contribution in [-0.2, 0) is 40.0 Å². The Bertz CT molecular complexity index is 4050. The fourth-order valence-corrected chi connectivity index (χ4v) is 11.0. The zero-order valence-electron chi connectivity index (χ0n) is 48.8. The van der Waals surface area contributed by atoms with Crippen molar-refractivity contribution in [2.24, 2.45) is 11.5 Å². The third-order valence-corrected chi connectivity index (χ3v) is 15.9. The second kappa shape index (κ2) is 28.3. The van der Waals surface area contributed by atoms with Crippen LogP contribution < -0.4 is 68.2 Å². The van der Waals surface area contributed by atoms with Gasteiger partial charge in [-0.1, -0.05) is 53.5 Å². The van der Waals surface area contributed by atoms with Crippen LogP contribution in [0.5, 0.6) is 69.0 Å². The predicted octanol–water partition coefficient (Wildman–Crippen LogP) is 4.36. The standard InChI is InChI=1S/C64H62Cl2N10O17/c65-41-17-29-3-11-45(41)92-48-25-35-26-49(57(48)83)93-46-12-7-32(23-42(46)66)56(82)55(64(90)74-52(33-19-37(78)27-38(79)20-33)60(86)70-16-2-15-69-14-1-13-67)76-61(87)51(30-4-8-36(77)9-5-30)73-63(89)54(35)75-62(88)53-34-21-39(80)28-40(22-34)91-47-24-31(6-10-44(47)81)50(68)59(85)71-43(18-29)58(84)72-53/h3-12,17,19-28,43,50-56,69,77-83H,1-2,13-16,18,67-68H2,(H,70,86)(H,71,85)(H,72,84)(H,73,89)(H,74,90)(H,75,88)(H,76,87). The van der Waals surface area contributed by atoms with E-state index in [1.807, 2.05) is 0 Å². The van der Waals surface area contributed by atoms with Gasteiger partial charge < -0.3 is 104 Å². The molecule has 29 heteroatoms. The molecular formula is C64H62Cl2N10O17. The van der Waals surface area contributed by atoms with E-state index in [0.29, 0.717) is 38.0 Å². The summed E-state index contributed by atoms with van der Waals surface area (Å²) in [7, 11) is 0. The number of carbonyl (C=O) groups is 7. The zero-order chi connectivity index (χ0) is 66.4. The molecule has 0 saturated heterocycles. The van der Waals surface area contributed by atoms with Gasteiger partial charge in [-0.2, -0.15) is 0 Å². The second-order valence-corrected chi connectivity index (χ2v) is 22.8. The van der Waals surface area contributed by atoms with E-state index >= 15 is 19.2 Å². The van der Waals surface area contributed by atoms with Crippen molar-refractivity contribution in [2.75, 3.05) is 26.2 Å². The third-order valence-electron chi connectivity index (χ3n) is 15.3. The average molecular weight is 1310 g/mol. The molecule has 0 radical (unpaired) electrons. The number of hydrogen-bond donors (Lipinski definition) is 17. The number of rotatable bonds is 12. The van der Waals surface area contributed by atoms with E-state index in [9.17, 15) is 50.1 Å². The van der Waals surface area contributed by atoms with Crippen molar-refractivity contribution in [3.8, 4) is 69.0 Å². The fraction of sp³-hybridized carbons (Fsp3) is 0.234. The number of aromatic hydroxyl groups is 6. The zero-order valence-corrected chi connectivity index (χ0v) is 50.3. The van der Waals surface area contributed by atoms with E-state index in [-0.39, 0.29) is 85.1 Å². The number of nitrogens with one attached hydrogen (secondary N) is 8. The molecule has 5 heterocycles. The minimum absolute atomic E-state index is 0.0624. The van der Waals surface area contributed by atoms with E-state index in [0.717, 1.165) is 60.7 Å². The van der Waals surface area contributed by atoms with Crippen molar-refractivity contribution in [2.45, 2.75) is 67.7 Å². The predicted molar refractivity (Wildman–Crippen MR) is 332 cm³/mol. The maximum Gasteiger partial charge on any atom is 0.248 e. The number of aliphatic hydroxyl groups is 1. The number of nitrogens with two attached hydrogens (primary N) is 2. The van der Waals surface area contributed by atoms with Crippen molar-refractivity contribution in [3.05, 3.63) is 176 Å². The summed E-state index contributed by atoms with van der Waals surface area (Å²) in [5.41, 5.74) is 11.6. The molecule has 8 unspecified atom stereocenters. The normalized spacial score (nSPS) is 20.1. The van der Waals surface area contributed by atoms with Gasteiger partial charge in [-0.3, -0.25) is 33.6 Å². The first-order valence-electron chi connectivity index (χ1n) is 28.9. The minimum atomic E-state index is -2.15. The molecule has 0 saturated carbocycles. The van der Waals surface area contributed by atoms with Crippen LogP contribution in [0.2, 0.25) is 10.0 Å². The van der Waals surface area contributed by atoms with Crippen LogP contribution in [0.3, 0.4) is 0 Å². The molecule has 0 aromatic heterocycles. The van der Waals surface area contributed by atoms with Gasteiger partial charge in [-0.25, -0.2) is 0 Å². The van der Waals surface area contributed by atoms with Crippen molar-refractivity contribution >= 4 is 64.6 Å². The highest BCUT2D eigenvalue weighted by molar-refractivity contribution is 6.32. The van der Waals surface area contributed by atoms with Gasteiger partial charge in [0.25, 0.3) is 0 Å². The first-order valence-corrected chi connectivity index (χ1v) is 29.7. The highest BCUT2D eigenvalue weighted by Gasteiger charge is 2.40. The van der Waals surface area contributed by atoms with Crippen molar-refractivity contribution < 1.29 is 83.5 Å². The van der Waals surface area contributed by atoms with Crippen molar-refractivity contribution in [1.29, 1.82) is 0 Å². The maximum absolute atomic E-state index is 15.7. The lowest BCUT2D eigenvalue weighted by Crippen LogP contribution is -2.55. The summed E-state index contributed by atoms with van der Waals surface area (Å²) in [5, 5.41) is 99.2. The summed E-state index contributed by atoms with van der Waals surface area (Å²) in [6.07, 6.45) is -1.32. The van der Waals surface area contributed by atoms with Crippen molar-refractivity contribution in [1.82, 2.24) is 42.5 Å². The SMILES string of the molecule is NCCCNCCCNC(=O)C(NC(=O)C1NC(=O)C(c2ccc(O)cc2)NC(=O)C2NC(=O)C3NC(=O)C(Cc4ccc(c(Cl)c4)Oc4cc2cc(c4O)Oc2ccc(cc2Cl)C1O)NC(=O)C(N)c1ccc(O)c(c1)Oc1cc(O)cc3c1)c1cc(O)cc(O)c1. The maximum atomic E-state index is 15.7. The molecule has 93 heavy (non-hydrogen) atoms. The van der Waals surface area contributed by atoms with E-state index in [4.69, 9.17) is 48.9 Å². The number of amides is 7. The number of phenolic OH excluding ortho intramolecular Hbond substituents is 6. The minimum Gasteiger partial charge on any atom is -0.508 e. The summed E-state index contributed by atoms with van der Waals surface area (Å²) in [6, 6.07) is 12.2. The lowest BCUT2D eigenvalue weighted by atomic mass is 9.97. The van der Waals surface area contributed by atoms with Crippen LogP contribution in [0.15, 0.2) is 127 Å². The van der Waals surface area contributed by atoms with Gasteiger partial charge in [0.1, 0.15) is 88.6 Å². The topological polar surface area (TPSA) is 437 Å². The largest absolute Gasteiger partial charge is 0.508 e. The lowest BCUT2D eigenvalue weighted by molar-refractivity contribution is -0.137. The number of ether oxygens (including phenoxy) is 3. The molecule has 0 fully saturated rings. The molecule has 7 aromatic rings. The number of fused-ring (bicyclic) bond motifs is 15. The number of aliphatic hydroxyl groups excluding tert-OH is 1. The molecule has 0 spiro atoms. The van der Waals surface area contributed by atoms with E-state index in [1.165, 1.54) is 66.7 Å². The van der Waals surface area contributed by atoms with Crippen LogP contribution in [0.4, 0.5) is 0 Å². The van der Waals surface area contributed by atoms with E-state index in [2.05, 4.69) is 42.5 Å². The second-order valence-electron chi connectivity index (χ2n) is 22.0. The lowest BCUT2D eigenvalue weighted by Gasteiger charge is -2.30. The summed E-state index contributed by atoms with van der Waals surface area (Å²) in [5.74, 6) is -12.7. The molecule has 19 N–H and O–H groups in total. The average Bonchev–Trinajstić information content (AvgIpc) is 0.820. The summed E-state index contributed by atoms with van der Waals surface area (Å²) >= 11 is 13.8. The summed E-state index contributed by atoms with van der Waals surface area (Å²) in [6.45, 7) is 1.60. The molecular weight excluding hydrogens is 1250 g/mol. The highest BCUT2D eigenvalue weighted by atomic mass is 35.5. The molecule has 484 valence electrons. The quantitative estimate of drug-likeness (QED) is 0.0755. The smallest absolute Gasteiger partial charge is 0.248 e. The van der Waals surface area contributed by atoms with Crippen LogP contribution in [0.25, 0.3) is 0 Å². The molecule has 13 bridgehead atoms. The van der Waals surface area contributed by atoms with Gasteiger partial charge in [0.2, 0.25) is 47.1 Å². The molecule has 7 amide bonds. The number of hydrogen-bond acceptors (Lipinski definition) is 20. The Morgan fingerprint density at radius 1 is 0.538 bits per heavy atom. The fourth-order valence-electron chi connectivity index (χ4n) is 10.5.